The Hall–Kier alpha value is -1.75. The molecule has 0 radical (unpaired) electrons. The van der Waals surface area contributed by atoms with E-state index in [1.165, 1.54) is 0 Å². The molecule has 2 aliphatic rings. The predicted octanol–water partition coefficient (Wildman–Crippen LogP) is 7.14. The van der Waals surface area contributed by atoms with E-state index in [-0.39, 0.29) is 23.5 Å². The first-order valence-electron chi connectivity index (χ1n) is 13.8. The highest BCUT2D eigenvalue weighted by atomic mass is 127. The molecule has 0 aliphatic carbocycles. The van der Waals surface area contributed by atoms with Crippen LogP contribution in [-0.4, -0.2) is 47.8 Å². The molecule has 0 bridgehead atoms. The molecular formula is C31H37IN2O3S2. The molecule has 0 aromatic heterocycles. The third-order valence-electron chi connectivity index (χ3n) is 8.21. The zero-order valence-electron chi connectivity index (χ0n) is 22.1. The van der Waals surface area contributed by atoms with E-state index >= 15 is 0 Å². The number of rotatable bonds is 8. The fraction of sp³-hybridized carbons (Fsp3) is 0.419. The number of phenols is 1. The van der Waals surface area contributed by atoms with Crippen molar-refractivity contribution < 1.29 is 13.5 Å². The van der Waals surface area contributed by atoms with Crippen molar-refractivity contribution >= 4 is 51.0 Å². The number of benzene rings is 3. The van der Waals surface area contributed by atoms with Crippen molar-refractivity contribution in [3.05, 3.63) is 89.5 Å². The Morgan fingerprint density at radius 2 is 1.56 bits per heavy atom. The highest BCUT2D eigenvalue weighted by molar-refractivity contribution is 14.1. The van der Waals surface area contributed by atoms with Crippen molar-refractivity contribution in [3.8, 4) is 5.75 Å². The van der Waals surface area contributed by atoms with Crippen LogP contribution in [0.2, 0.25) is 0 Å². The molecule has 3 aromatic rings. The lowest BCUT2D eigenvalue weighted by molar-refractivity contribution is 0.368. The van der Waals surface area contributed by atoms with Crippen LogP contribution in [0.15, 0.2) is 77.7 Å². The Kier molecular flexibility index (Phi) is 9.46. The van der Waals surface area contributed by atoms with Gasteiger partial charge in [-0.05, 0) is 103 Å². The molecule has 2 fully saturated rings. The molecule has 2 unspecified atom stereocenters. The van der Waals surface area contributed by atoms with Gasteiger partial charge < -0.3 is 10.0 Å². The molecule has 2 atom stereocenters. The van der Waals surface area contributed by atoms with E-state index in [9.17, 15) is 13.5 Å². The Labute approximate surface area is 252 Å². The molecule has 2 aliphatic heterocycles. The second-order valence-electron chi connectivity index (χ2n) is 10.8. The molecule has 5 rings (SSSR count). The zero-order valence-corrected chi connectivity index (χ0v) is 26.0. The monoisotopic (exact) mass is 676 g/mol. The van der Waals surface area contributed by atoms with Gasteiger partial charge in [0.25, 0.3) is 0 Å². The van der Waals surface area contributed by atoms with Gasteiger partial charge in [-0.25, -0.2) is 11.5 Å². The van der Waals surface area contributed by atoms with Crippen LogP contribution in [0.5, 0.6) is 5.75 Å². The summed E-state index contributed by atoms with van der Waals surface area (Å²) in [6.45, 7) is 2.88. The summed E-state index contributed by atoms with van der Waals surface area (Å²) in [4.78, 5) is 2.89. The number of aromatic hydroxyl groups is 1. The quantitative estimate of drug-likeness (QED) is 0.151. The minimum atomic E-state index is -3.42. The van der Waals surface area contributed by atoms with E-state index in [1.54, 1.807) is 6.07 Å². The summed E-state index contributed by atoms with van der Waals surface area (Å²) in [5, 5.41) is 10.2. The van der Waals surface area contributed by atoms with Gasteiger partial charge in [-0.2, -0.15) is 12.6 Å². The van der Waals surface area contributed by atoms with Crippen LogP contribution in [-0.2, 0) is 9.84 Å². The lowest BCUT2D eigenvalue weighted by Gasteiger charge is -2.42. The summed E-state index contributed by atoms with van der Waals surface area (Å²) in [5.74, 6) is 1.58. The number of halogens is 1. The van der Waals surface area contributed by atoms with Gasteiger partial charge in [0.15, 0.2) is 9.84 Å². The van der Waals surface area contributed by atoms with Gasteiger partial charge in [0.05, 0.1) is 16.7 Å². The van der Waals surface area contributed by atoms with Crippen LogP contribution in [0.3, 0.4) is 0 Å². The molecule has 1 N–H and O–H groups in total. The summed E-state index contributed by atoms with van der Waals surface area (Å²) in [7, 11) is -3.42. The van der Waals surface area contributed by atoms with E-state index in [0.29, 0.717) is 23.0 Å². The third-order valence-corrected chi connectivity index (χ3v) is 11.3. The van der Waals surface area contributed by atoms with E-state index in [4.69, 9.17) is 0 Å². The normalized spacial score (nSPS) is 21.2. The number of hydrogen-bond donors (Lipinski definition) is 2. The number of sulfone groups is 1. The summed E-state index contributed by atoms with van der Waals surface area (Å²) in [5.41, 5.74) is 4.51. The average molecular weight is 677 g/mol. The first kappa shape index (κ1) is 28.8. The highest BCUT2D eigenvalue weighted by Gasteiger charge is 2.33. The van der Waals surface area contributed by atoms with E-state index in [2.05, 4.69) is 79.9 Å². The molecule has 0 amide bonds. The van der Waals surface area contributed by atoms with Crippen LogP contribution >= 0.6 is 35.5 Å². The van der Waals surface area contributed by atoms with Crippen molar-refractivity contribution in [1.29, 1.82) is 0 Å². The Balaban J connectivity index is 1.58. The van der Waals surface area contributed by atoms with Gasteiger partial charge in [-0.15, -0.1) is 0 Å². The fourth-order valence-corrected chi connectivity index (χ4v) is 8.42. The lowest BCUT2D eigenvalue weighted by atomic mass is 9.81. The van der Waals surface area contributed by atoms with Crippen molar-refractivity contribution in [3.63, 3.8) is 0 Å². The average Bonchev–Trinajstić information content (AvgIpc) is 2.96. The summed E-state index contributed by atoms with van der Waals surface area (Å²) in [6.07, 6.45) is 4.42. The molecule has 0 spiro atoms. The maximum absolute atomic E-state index is 13.5. The van der Waals surface area contributed by atoms with Crippen LogP contribution in [0.4, 0.5) is 5.69 Å². The summed E-state index contributed by atoms with van der Waals surface area (Å²) >= 11 is 6.66. The minimum absolute atomic E-state index is 0.0249. The maximum Gasteiger partial charge on any atom is 0.178 e. The number of nitrogens with zero attached hydrogens (tertiary/aromatic N) is 2. The molecule has 39 heavy (non-hydrogen) atoms. The third kappa shape index (κ3) is 6.94. The Morgan fingerprint density at radius 3 is 2.28 bits per heavy atom. The second kappa shape index (κ2) is 12.8. The van der Waals surface area contributed by atoms with Crippen molar-refractivity contribution in [2.45, 2.75) is 54.9 Å². The van der Waals surface area contributed by atoms with E-state index in [1.807, 2.05) is 30.3 Å². The molecule has 208 valence electrons. The minimum Gasteiger partial charge on any atom is -0.508 e. The van der Waals surface area contributed by atoms with Crippen LogP contribution in [0.25, 0.3) is 0 Å². The van der Waals surface area contributed by atoms with Gasteiger partial charge in [0.2, 0.25) is 0 Å². The Bertz CT molecular complexity index is 1360. The number of phenolic OH excluding ortho intramolecular Hbond substituents is 1. The van der Waals surface area contributed by atoms with Gasteiger partial charge in [0.1, 0.15) is 5.75 Å². The molecule has 3 aromatic carbocycles. The number of anilines is 1. The van der Waals surface area contributed by atoms with Gasteiger partial charge in [-0.3, -0.25) is 0 Å². The lowest BCUT2D eigenvalue weighted by Crippen LogP contribution is -2.36. The van der Waals surface area contributed by atoms with Crippen LogP contribution in [0.1, 0.15) is 66.7 Å². The fourth-order valence-electron chi connectivity index (χ4n) is 6.10. The molecule has 2 heterocycles. The number of piperidine rings is 2. The first-order valence-corrected chi connectivity index (χ1v) is 17.1. The molecule has 0 saturated carbocycles. The van der Waals surface area contributed by atoms with Gasteiger partial charge >= 0.3 is 0 Å². The number of para-hydroxylation sites is 1. The Morgan fingerprint density at radius 1 is 0.846 bits per heavy atom. The summed E-state index contributed by atoms with van der Waals surface area (Å²) in [6, 6.07) is 24.3. The maximum atomic E-state index is 13.5. The smallest absolute Gasteiger partial charge is 0.178 e. The highest BCUT2D eigenvalue weighted by Crippen LogP contribution is 2.44. The van der Waals surface area contributed by atoms with Gasteiger partial charge in [-0.1, -0.05) is 36.4 Å². The number of hydrogen-bond acceptors (Lipinski definition) is 6. The van der Waals surface area contributed by atoms with Crippen molar-refractivity contribution in [1.82, 2.24) is 3.11 Å². The number of thiol groups is 1. The van der Waals surface area contributed by atoms with Crippen molar-refractivity contribution in [2.75, 3.05) is 36.0 Å². The SMILES string of the molecule is O=S(=O)(CCCS)c1cc(C2CCN(I)CC2)cc(C2CC(c3cccc(O)c3)CCN2c2ccccc2)c1. The van der Waals surface area contributed by atoms with Crippen LogP contribution < -0.4 is 4.90 Å². The van der Waals surface area contributed by atoms with Gasteiger partial charge in [0, 0.05) is 48.2 Å². The predicted molar refractivity (Wildman–Crippen MR) is 171 cm³/mol. The molecule has 5 nitrogen and oxygen atoms in total. The molecule has 2 saturated heterocycles. The topological polar surface area (TPSA) is 60.9 Å². The standard InChI is InChI=1S/C31H37IN2O3S2/c32-33-13-10-23(11-14-33)26-18-27(21-30(20-26)39(36,37)17-5-16-38)31-22-25(24-6-4-9-29(35)19-24)12-15-34(31)28-7-2-1-3-8-28/h1-4,6-9,18-21,23,25,31,35,38H,5,10-17,22H2. The molecule has 8 heteroatoms. The zero-order chi connectivity index (χ0) is 27.4. The van der Waals surface area contributed by atoms with Crippen LogP contribution in [0, 0.1) is 0 Å². The molecular weight excluding hydrogens is 639 g/mol. The first-order chi connectivity index (χ1) is 18.8. The van der Waals surface area contributed by atoms with Crippen molar-refractivity contribution in [2.24, 2.45) is 0 Å². The summed E-state index contributed by atoms with van der Waals surface area (Å²) < 4.78 is 29.3. The largest absolute Gasteiger partial charge is 0.508 e. The van der Waals surface area contributed by atoms with E-state index in [0.717, 1.165) is 67.7 Å². The second-order valence-corrected chi connectivity index (χ2v) is 14.7. The van der Waals surface area contributed by atoms with E-state index < -0.39 is 9.84 Å².